The number of hydrogen-bond acceptors (Lipinski definition) is 7. The highest BCUT2D eigenvalue weighted by Crippen LogP contribution is 2.56. The lowest BCUT2D eigenvalue weighted by Crippen LogP contribution is -2.59. The second-order valence-corrected chi connectivity index (χ2v) is 8.13. The zero-order chi connectivity index (χ0) is 19.6. The molecule has 0 radical (unpaired) electrons. The molecule has 2 amide bonds. The van der Waals surface area contributed by atoms with E-state index in [2.05, 4.69) is 25.8 Å². The SMILES string of the molecule is CC(C)CC(=NO)C(=O)NC1CC2(C1)CC(Nc1cc(C(N)=O)ncn1)C2. The van der Waals surface area contributed by atoms with Crippen LogP contribution in [0.25, 0.3) is 0 Å². The van der Waals surface area contributed by atoms with Crippen LogP contribution >= 0.6 is 0 Å². The minimum Gasteiger partial charge on any atom is -0.410 e. The van der Waals surface area contributed by atoms with Gasteiger partial charge in [0.25, 0.3) is 11.8 Å². The van der Waals surface area contributed by atoms with E-state index in [-0.39, 0.29) is 40.7 Å². The first-order valence-electron chi connectivity index (χ1n) is 9.20. The van der Waals surface area contributed by atoms with Crippen molar-refractivity contribution in [3.8, 4) is 0 Å². The van der Waals surface area contributed by atoms with Crippen LogP contribution < -0.4 is 16.4 Å². The smallest absolute Gasteiger partial charge is 0.269 e. The molecule has 0 unspecified atom stereocenters. The Morgan fingerprint density at radius 3 is 2.56 bits per heavy atom. The Morgan fingerprint density at radius 1 is 1.30 bits per heavy atom. The number of aromatic nitrogens is 2. The summed E-state index contributed by atoms with van der Waals surface area (Å²) in [7, 11) is 0. The molecule has 0 bridgehead atoms. The average molecular weight is 374 g/mol. The number of primary amides is 1. The quantitative estimate of drug-likeness (QED) is 0.322. The van der Waals surface area contributed by atoms with Crippen molar-refractivity contribution in [3.05, 3.63) is 18.1 Å². The fourth-order valence-electron chi connectivity index (χ4n) is 4.12. The first-order chi connectivity index (χ1) is 12.8. The van der Waals surface area contributed by atoms with Crippen LogP contribution in [0, 0.1) is 11.3 Å². The molecule has 2 aliphatic carbocycles. The molecule has 146 valence electrons. The predicted molar refractivity (Wildman–Crippen MR) is 99.5 cm³/mol. The van der Waals surface area contributed by atoms with Crippen molar-refractivity contribution < 1.29 is 14.8 Å². The lowest BCUT2D eigenvalue weighted by atomic mass is 9.52. The molecule has 0 saturated heterocycles. The molecule has 0 aliphatic heterocycles. The molecule has 9 heteroatoms. The minimum absolute atomic E-state index is 0.128. The number of nitrogens with two attached hydrogens (primary N) is 1. The maximum Gasteiger partial charge on any atom is 0.269 e. The number of nitrogens with zero attached hydrogens (tertiary/aromatic N) is 3. The van der Waals surface area contributed by atoms with Crippen molar-refractivity contribution in [1.82, 2.24) is 15.3 Å². The van der Waals surface area contributed by atoms with Gasteiger partial charge in [-0.05, 0) is 37.0 Å². The van der Waals surface area contributed by atoms with Gasteiger partial charge < -0.3 is 21.6 Å². The summed E-state index contributed by atoms with van der Waals surface area (Å²) in [4.78, 5) is 31.3. The van der Waals surface area contributed by atoms with Gasteiger partial charge in [-0.25, -0.2) is 9.97 Å². The summed E-state index contributed by atoms with van der Waals surface area (Å²) in [6.07, 6.45) is 5.60. The highest BCUT2D eigenvalue weighted by atomic mass is 16.4. The number of rotatable bonds is 7. The number of carbonyl (C=O) groups is 2. The summed E-state index contributed by atoms with van der Waals surface area (Å²) in [5.74, 6) is -0.00332. The zero-order valence-electron chi connectivity index (χ0n) is 15.6. The van der Waals surface area contributed by atoms with E-state index < -0.39 is 5.91 Å². The maximum atomic E-state index is 12.2. The molecule has 1 aromatic heterocycles. The Hall–Kier alpha value is -2.71. The van der Waals surface area contributed by atoms with E-state index in [4.69, 9.17) is 10.9 Å². The largest absolute Gasteiger partial charge is 0.410 e. The van der Waals surface area contributed by atoms with Crippen molar-refractivity contribution in [2.24, 2.45) is 22.2 Å². The summed E-state index contributed by atoms with van der Waals surface area (Å²) in [5, 5.41) is 18.4. The van der Waals surface area contributed by atoms with E-state index in [1.54, 1.807) is 6.07 Å². The number of hydrogen-bond donors (Lipinski definition) is 4. The molecule has 0 atom stereocenters. The molecule has 3 rings (SSSR count). The van der Waals surface area contributed by atoms with Gasteiger partial charge >= 0.3 is 0 Å². The molecule has 0 aromatic carbocycles. The number of oxime groups is 1. The Kier molecular flexibility index (Phi) is 5.29. The summed E-state index contributed by atoms with van der Waals surface area (Å²) in [6.45, 7) is 3.95. The van der Waals surface area contributed by atoms with Crippen molar-refractivity contribution in [2.75, 3.05) is 5.32 Å². The van der Waals surface area contributed by atoms with E-state index in [0.717, 1.165) is 25.7 Å². The van der Waals surface area contributed by atoms with Gasteiger partial charge in [0.1, 0.15) is 23.6 Å². The summed E-state index contributed by atoms with van der Waals surface area (Å²) in [5.41, 5.74) is 5.86. The third-order valence-electron chi connectivity index (χ3n) is 5.31. The number of carbonyl (C=O) groups excluding carboxylic acids is 2. The monoisotopic (exact) mass is 374 g/mol. The maximum absolute atomic E-state index is 12.2. The van der Waals surface area contributed by atoms with Gasteiger partial charge in [-0.3, -0.25) is 9.59 Å². The Labute approximate surface area is 157 Å². The molecule has 27 heavy (non-hydrogen) atoms. The summed E-state index contributed by atoms with van der Waals surface area (Å²) in [6, 6.07) is 1.97. The van der Waals surface area contributed by atoms with Crippen LogP contribution in [0.5, 0.6) is 0 Å². The lowest BCUT2D eigenvalue weighted by molar-refractivity contribution is -0.118. The molecular formula is C18H26N6O3. The van der Waals surface area contributed by atoms with Gasteiger partial charge in [-0.2, -0.15) is 0 Å². The third kappa shape index (κ3) is 4.35. The Balaban J connectivity index is 1.43. The van der Waals surface area contributed by atoms with Crippen LogP contribution in [0.1, 0.15) is 56.4 Å². The van der Waals surface area contributed by atoms with Gasteiger partial charge in [0, 0.05) is 24.6 Å². The van der Waals surface area contributed by atoms with Crippen molar-refractivity contribution in [3.63, 3.8) is 0 Å². The van der Waals surface area contributed by atoms with Crippen LogP contribution in [-0.2, 0) is 4.79 Å². The second-order valence-electron chi connectivity index (χ2n) is 8.13. The summed E-state index contributed by atoms with van der Waals surface area (Å²) < 4.78 is 0. The van der Waals surface area contributed by atoms with Crippen LogP contribution in [0.2, 0.25) is 0 Å². The molecule has 1 heterocycles. The van der Waals surface area contributed by atoms with Crippen LogP contribution in [0.4, 0.5) is 5.82 Å². The highest BCUT2D eigenvalue weighted by molar-refractivity contribution is 6.38. The second kappa shape index (κ2) is 7.50. The highest BCUT2D eigenvalue weighted by Gasteiger charge is 2.53. The molecule has 9 nitrogen and oxygen atoms in total. The number of anilines is 1. The number of nitrogens with one attached hydrogen (secondary N) is 2. The minimum atomic E-state index is -0.577. The Morgan fingerprint density at radius 2 is 1.96 bits per heavy atom. The van der Waals surface area contributed by atoms with Crippen LogP contribution in [0.15, 0.2) is 17.5 Å². The normalized spacial score (nSPS) is 27.0. The molecule has 1 spiro atoms. The van der Waals surface area contributed by atoms with E-state index in [9.17, 15) is 9.59 Å². The van der Waals surface area contributed by atoms with E-state index >= 15 is 0 Å². The molecule has 1 aromatic rings. The van der Waals surface area contributed by atoms with Crippen molar-refractivity contribution in [2.45, 2.75) is 58.0 Å². The number of amides is 2. The fourth-order valence-corrected chi connectivity index (χ4v) is 4.12. The van der Waals surface area contributed by atoms with Crippen molar-refractivity contribution in [1.29, 1.82) is 0 Å². The molecular weight excluding hydrogens is 348 g/mol. The molecule has 2 fully saturated rings. The van der Waals surface area contributed by atoms with E-state index in [0.29, 0.717) is 12.2 Å². The topological polar surface area (TPSA) is 143 Å². The van der Waals surface area contributed by atoms with Gasteiger partial charge in [0.15, 0.2) is 0 Å². The zero-order valence-corrected chi connectivity index (χ0v) is 15.6. The molecule has 5 N–H and O–H groups in total. The lowest BCUT2D eigenvalue weighted by Gasteiger charge is -2.57. The fraction of sp³-hybridized carbons (Fsp3) is 0.611. The van der Waals surface area contributed by atoms with E-state index in [1.807, 2.05) is 13.8 Å². The van der Waals surface area contributed by atoms with E-state index in [1.165, 1.54) is 6.33 Å². The first kappa shape index (κ1) is 19.1. The Bertz CT molecular complexity index is 749. The standard InChI is InChI=1S/C18H26N6O3/c1-10(2)3-14(24-27)17(26)23-12-7-18(8-12)5-11(6-18)22-15-4-13(16(19)25)20-9-21-15/h4,9-12,27H,3,5-8H2,1-2H3,(H2,19,25)(H,23,26)(H,20,21,22). The van der Waals surface area contributed by atoms with Gasteiger partial charge in [-0.1, -0.05) is 19.0 Å². The first-order valence-corrected chi connectivity index (χ1v) is 9.20. The van der Waals surface area contributed by atoms with Crippen LogP contribution in [-0.4, -0.2) is 44.8 Å². The average Bonchev–Trinajstić information content (AvgIpc) is 2.55. The van der Waals surface area contributed by atoms with Crippen molar-refractivity contribution >= 4 is 23.3 Å². The predicted octanol–water partition coefficient (Wildman–Crippen LogP) is 1.29. The van der Waals surface area contributed by atoms with Crippen LogP contribution in [0.3, 0.4) is 0 Å². The van der Waals surface area contributed by atoms with Gasteiger partial charge in [-0.15, -0.1) is 0 Å². The summed E-state index contributed by atoms with van der Waals surface area (Å²) >= 11 is 0. The molecule has 2 aliphatic rings. The molecule has 2 saturated carbocycles. The van der Waals surface area contributed by atoms with Gasteiger partial charge in [0.2, 0.25) is 0 Å². The third-order valence-corrected chi connectivity index (χ3v) is 5.31. The van der Waals surface area contributed by atoms with Gasteiger partial charge in [0.05, 0.1) is 0 Å².